The number of amides is 1. The molecule has 0 unspecified atom stereocenters. The summed E-state index contributed by atoms with van der Waals surface area (Å²) >= 11 is 5.93. The van der Waals surface area contributed by atoms with Crippen molar-refractivity contribution in [3.63, 3.8) is 0 Å². The van der Waals surface area contributed by atoms with Crippen LogP contribution in [0, 0.1) is 0 Å². The molecule has 208 valence electrons. The molecule has 0 radical (unpaired) electrons. The predicted molar refractivity (Wildman–Crippen MR) is 154 cm³/mol. The second-order valence-electron chi connectivity index (χ2n) is 9.13. The lowest BCUT2D eigenvalue weighted by Gasteiger charge is -2.18. The van der Waals surface area contributed by atoms with Crippen LogP contribution in [0.15, 0.2) is 71.7 Å². The van der Waals surface area contributed by atoms with Crippen LogP contribution in [0.1, 0.15) is 37.6 Å². The lowest BCUT2D eigenvalue weighted by atomic mass is 10.00. The van der Waals surface area contributed by atoms with Crippen LogP contribution in [0.3, 0.4) is 0 Å². The van der Waals surface area contributed by atoms with Crippen molar-refractivity contribution in [1.82, 2.24) is 9.55 Å². The van der Waals surface area contributed by atoms with Crippen molar-refractivity contribution >= 4 is 40.4 Å². The van der Waals surface area contributed by atoms with Crippen LogP contribution in [0.25, 0.3) is 22.2 Å². The van der Waals surface area contributed by atoms with E-state index in [0.29, 0.717) is 51.5 Å². The number of nitrogens with one attached hydrogen (secondary N) is 1. The van der Waals surface area contributed by atoms with Gasteiger partial charge in [-0.3, -0.25) is 14.7 Å². The highest BCUT2D eigenvalue weighted by atomic mass is 35.5. The van der Waals surface area contributed by atoms with Gasteiger partial charge in [0.1, 0.15) is 17.1 Å². The summed E-state index contributed by atoms with van der Waals surface area (Å²) in [6, 6.07) is 17.4. The number of pyridine rings is 2. The molecule has 10 heteroatoms. The molecule has 9 nitrogen and oxygen atoms in total. The number of benzene rings is 2. The summed E-state index contributed by atoms with van der Waals surface area (Å²) in [4.78, 5) is 42.7. The second-order valence-corrected chi connectivity index (χ2v) is 9.57. The van der Waals surface area contributed by atoms with Crippen molar-refractivity contribution in [2.45, 2.75) is 39.8 Å². The largest absolute Gasteiger partial charge is 0.493 e. The average molecular weight is 564 g/mol. The third kappa shape index (κ3) is 6.79. The fourth-order valence-electron chi connectivity index (χ4n) is 4.19. The van der Waals surface area contributed by atoms with Gasteiger partial charge in [0.15, 0.2) is 0 Å². The molecule has 2 aromatic heterocycles. The summed E-state index contributed by atoms with van der Waals surface area (Å²) in [7, 11) is 0. The number of anilines is 1. The van der Waals surface area contributed by atoms with Crippen molar-refractivity contribution in [2.24, 2.45) is 0 Å². The number of aromatic nitrogens is 2. The van der Waals surface area contributed by atoms with Crippen LogP contribution in [-0.2, 0) is 16.0 Å². The van der Waals surface area contributed by atoms with Gasteiger partial charge in [0.05, 0.1) is 24.9 Å². The molecule has 0 aliphatic rings. The first-order chi connectivity index (χ1) is 19.3. The second kappa shape index (κ2) is 13.1. The number of hydrogen-bond donors (Lipinski definition) is 1. The Morgan fingerprint density at radius 2 is 1.85 bits per heavy atom. The Morgan fingerprint density at radius 3 is 2.60 bits per heavy atom. The Hall–Kier alpha value is -4.37. The minimum Gasteiger partial charge on any atom is -0.493 e. The maximum Gasteiger partial charge on any atom is 0.412 e. The molecule has 0 spiro atoms. The fraction of sp³-hybridized carbons (Fsp3) is 0.267. The monoisotopic (exact) mass is 563 g/mol. The first-order valence-electron chi connectivity index (χ1n) is 12.9. The number of ether oxygens (including phenoxy) is 3. The molecule has 1 N–H and O–H groups in total. The lowest BCUT2D eigenvalue weighted by Crippen LogP contribution is -2.28. The number of fused-ring (bicyclic) bond motifs is 1. The summed E-state index contributed by atoms with van der Waals surface area (Å²) in [6.07, 6.45) is 1.000. The van der Waals surface area contributed by atoms with Crippen LogP contribution < -0.4 is 15.6 Å². The third-order valence-corrected chi connectivity index (χ3v) is 6.12. The zero-order chi connectivity index (χ0) is 28.6. The van der Waals surface area contributed by atoms with E-state index in [4.69, 9.17) is 25.8 Å². The lowest BCUT2D eigenvalue weighted by molar-refractivity contribution is 0.0486. The summed E-state index contributed by atoms with van der Waals surface area (Å²) in [6.45, 7) is 6.13. The number of carbonyl (C=O) groups is 2. The van der Waals surface area contributed by atoms with Gasteiger partial charge in [-0.1, -0.05) is 29.8 Å². The third-order valence-electron chi connectivity index (χ3n) is 5.88. The van der Waals surface area contributed by atoms with E-state index in [0.717, 1.165) is 0 Å². The molecule has 4 rings (SSSR count). The summed E-state index contributed by atoms with van der Waals surface area (Å²) in [5.41, 5.74) is 1.76. The molecular weight excluding hydrogens is 534 g/mol. The smallest absolute Gasteiger partial charge is 0.412 e. The number of halogens is 1. The van der Waals surface area contributed by atoms with E-state index in [1.165, 1.54) is 4.57 Å². The normalized spacial score (nSPS) is 10.9. The number of rotatable bonds is 10. The Kier molecular flexibility index (Phi) is 9.39. The number of esters is 1. The summed E-state index contributed by atoms with van der Waals surface area (Å²) < 4.78 is 18.0. The summed E-state index contributed by atoms with van der Waals surface area (Å²) in [5.74, 6) is 0.0916. The van der Waals surface area contributed by atoms with Gasteiger partial charge in [-0.15, -0.1) is 0 Å². The molecule has 0 saturated carbocycles. The molecule has 0 saturated heterocycles. The molecular formula is C30H30ClN3O6. The Labute approximate surface area is 236 Å². The molecule has 0 aliphatic heterocycles. The van der Waals surface area contributed by atoms with Crippen LogP contribution in [0.5, 0.6) is 5.75 Å². The van der Waals surface area contributed by atoms with E-state index >= 15 is 0 Å². The number of aryl methyl sites for hydroxylation is 1. The quantitative estimate of drug-likeness (QED) is 0.178. The maximum absolute atomic E-state index is 13.5. The molecule has 0 fully saturated rings. The van der Waals surface area contributed by atoms with E-state index in [-0.39, 0.29) is 25.0 Å². The molecule has 40 heavy (non-hydrogen) atoms. The van der Waals surface area contributed by atoms with Gasteiger partial charge in [0.2, 0.25) is 0 Å². The van der Waals surface area contributed by atoms with Gasteiger partial charge in [-0.25, -0.2) is 14.6 Å². The molecule has 1 amide bonds. The average Bonchev–Trinajstić information content (AvgIpc) is 2.93. The molecule has 2 heterocycles. The van der Waals surface area contributed by atoms with Crippen molar-refractivity contribution in [1.29, 1.82) is 0 Å². The van der Waals surface area contributed by atoms with Gasteiger partial charge in [0.25, 0.3) is 5.56 Å². The molecule has 0 bridgehead atoms. The zero-order valence-electron chi connectivity index (χ0n) is 22.5. The molecule has 2 aromatic carbocycles. The van der Waals surface area contributed by atoms with Crippen LogP contribution in [0.4, 0.5) is 10.5 Å². The fourth-order valence-corrected chi connectivity index (χ4v) is 4.38. The van der Waals surface area contributed by atoms with Crippen LogP contribution >= 0.6 is 11.6 Å². The van der Waals surface area contributed by atoms with Crippen molar-refractivity contribution in [3.8, 4) is 16.9 Å². The first kappa shape index (κ1) is 28.6. The Bertz CT molecular complexity index is 1580. The SMILES string of the molecule is CCn1c(=O)c(NC(=O)OC(C)C)c(-c2cccc(OCCCOC(=O)c3cccc(Cl)c3)c2)c2cccnc21. The number of carbonyl (C=O) groups excluding carboxylic acids is 2. The highest BCUT2D eigenvalue weighted by Crippen LogP contribution is 2.34. The highest BCUT2D eigenvalue weighted by molar-refractivity contribution is 6.30. The summed E-state index contributed by atoms with van der Waals surface area (Å²) in [5, 5.41) is 3.81. The molecule has 4 aromatic rings. The van der Waals surface area contributed by atoms with Crippen molar-refractivity contribution in [3.05, 3.63) is 87.8 Å². The van der Waals surface area contributed by atoms with Gasteiger partial charge in [-0.05, 0) is 68.8 Å². The zero-order valence-corrected chi connectivity index (χ0v) is 23.2. The van der Waals surface area contributed by atoms with Crippen molar-refractivity contribution < 1.29 is 23.8 Å². The Morgan fingerprint density at radius 1 is 1.05 bits per heavy atom. The molecule has 0 aliphatic carbocycles. The van der Waals surface area contributed by atoms with E-state index < -0.39 is 17.6 Å². The van der Waals surface area contributed by atoms with Gasteiger partial charge in [0, 0.05) is 35.1 Å². The first-order valence-corrected chi connectivity index (χ1v) is 13.3. The van der Waals surface area contributed by atoms with Gasteiger partial charge < -0.3 is 14.2 Å². The van der Waals surface area contributed by atoms with Crippen molar-refractivity contribution in [2.75, 3.05) is 18.5 Å². The van der Waals surface area contributed by atoms with E-state index in [1.807, 2.05) is 19.1 Å². The number of nitrogens with zero attached hydrogens (tertiary/aromatic N) is 2. The van der Waals surface area contributed by atoms with E-state index in [9.17, 15) is 14.4 Å². The highest BCUT2D eigenvalue weighted by Gasteiger charge is 2.21. The Balaban J connectivity index is 1.55. The van der Waals surface area contributed by atoms with Crippen LogP contribution in [-0.4, -0.2) is 40.9 Å². The van der Waals surface area contributed by atoms with Gasteiger partial charge >= 0.3 is 12.1 Å². The minimum absolute atomic E-state index is 0.0954. The standard InChI is InChI=1S/C30H30ClN3O6/c1-4-34-27-24(13-7-14-32-27)25(26(28(34)35)33-30(37)40-19(2)3)20-9-6-12-23(18-20)38-15-8-16-39-29(36)21-10-5-11-22(31)17-21/h5-7,9-14,17-19H,4,8,15-16H2,1-3H3,(H,33,37). The predicted octanol–water partition coefficient (Wildman–Crippen LogP) is 6.32. The molecule has 0 atom stereocenters. The van der Waals surface area contributed by atoms with E-state index in [1.54, 1.807) is 68.6 Å². The van der Waals surface area contributed by atoms with E-state index in [2.05, 4.69) is 10.3 Å². The number of hydrogen-bond acceptors (Lipinski definition) is 7. The van der Waals surface area contributed by atoms with Gasteiger partial charge in [-0.2, -0.15) is 0 Å². The topological polar surface area (TPSA) is 109 Å². The van der Waals surface area contributed by atoms with Crippen LogP contribution in [0.2, 0.25) is 5.02 Å². The maximum atomic E-state index is 13.5. The minimum atomic E-state index is -0.723.